The molecule has 2 aliphatic rings. The summed E-state index contributed by atoms with van der Waals surface area (Å²) in [5.41, 5.74) is 0.910. The van der Waals surface area contributed by atoms with Gasteiger partial charge in [0.25, 0.3) is 0 Å². The van der Waals surface area contributed by atoms with E-state index in [1.807, 2.05) is 13.2 Å². The quantitative estimate of drug-likeness (QED) is 0.765. The zero-order chi connectivity index (χ0) is 16.2. The van der Waals surface area contributed by atoms with Gasteiger partial charge in [0.05, 0.1) is 25.3 Å². The lowest BCUT2D eigenvalue weighted by atomic mass is 9.91. The number of aliphatic carboxylic acids is 1. The van der Waals surface area contributed by atoms with E-state index in [2.05, 4.69) is 20.1 Å². The molecule has 0 amide bonds. The average Bonchev–Trinajstić information content (AvgIpc) is 3.12. The van der Waals surface area contributed by atoms with Gasteiger partial charge in [0.1, 0.15) is 0 Å². The van der Waals surface area contributed by atoms with Crippen LogP contribution < -0.4 is 0 Å². The molecule has 23 heavy (non-hydrogen) atoms. The van der Waals surface area contributed by atoms with Gasteiger partial charge in [0.2, 0.25) is 0 Å². The zero-order valence-electron chi connectivity index (χ0n) is 13.6. The van der Waals surface area contributed by atoms with Gasteiger partial charge in [-0.3, -0.25) is 14.4 Å². The number of rotatable bonds is 6. The summed E-state index contributed by atoms with van der Waals surface area (Å²) in [5, 5.41) is 17.4. The van der Waals surface area contributed by atoms with Crippen LogP contribution in [-0.4, -0.2) is 88.4 Å². The van der Waals surface area contributed by atoms with Gasteiger partial charge in [-0.2, -0.15) is 0 Å². The number of morpholine rings is 1. The summed E-state index contributed by atoms with van der Waals surface area (Å²) in [4.78, 5) is 15.9. The summed E-state index contributed by atoms with van der Waals surface area (Å²) in [7, 11) is 1.84. The van der Waals surface area contributed by atoms with Crippen molar-refractivity contribution in [3.63, 3.8) is 0 Å². The third-order valence-corrected chi connectivity index (χ3v) is 4.79. The summed E-state index contributed by atoms with van der Waals surface area (Å²) < 4.78 is 7.06. The fourth-order valence-corrected chi connectivity index (χ4v) is 3.55. The SMILES string of the molecule is Cn1cc([C@@H]2CN(CCN3CCOCC3)C[C@@H]2CC(=O)O)nn1. The first-order chi connectivity index (χ1) is 11.1. The van der Waals surface area contributed by atoms with Crippen LogP contribution in [0, 0.1) is 5.92 Å². The fourth-order valence-electron chi connectivity index (χ4n) is 3.55. The predicted molar refractivity (Wildman–Crippen MR) is 83.2 cm³/mol. The fraction of sp³-hybridized carbons (Fsp3) is 0.800. The Labute approximate surface area is 136 Å². The Bertz CT molecular complexity index is 529. The lowest BCUT2D eigenvalue weighted by molar-refractivity contribution is -0.138. The van der Waals surface area contributed by atoms with Crippen molar-refractivity contribution in [2.24, 2.45) is 13.0 Å². The van der Waals surface area contributed by atoms with Crippen molar-refractivity contribution in [1.29, 1.82) is 0 Å². The number of carboxylic acid groups (broad SMARTS) is 1. The smallest absolute Gasteiger partial charge is 0.303 e. The third-order valence-electron chi connectivity index (χ3n) is 4.79. The highest BCUT2D eigenvalue weighted by Crippen LogP contribution is 2.33. The summed E-state index contributed by atoms with van der Waals surface area (Å²) >= 11 is 0. The Kier molecular flexibility index (Phi) is 5.24. The molecule has 0 spiro atoms. The van der Waals surface area contributed by atoms with Crippen molar-refractivity contribution in [3.8, 4) is 0 Å². The maximum Gasteiger partial charge on any atom is 0.303 e. The minimum absolute atomic E-state index is 0.105. The molecular weight excluding hydrogens is 298 g/mol. The average molecular weight is 323 g/mol. The van der Waals surface area contributed by atoms with Gasteiger partial charge in [0, 0.05) is 58.4 Å². The van der Waals surface area contributed by atoms with Crippen LogP contribution in [0.1, 0.15) is 18.0 Å². The van der Waals surface area contributed by atoms with Crippen molar-refractivity contribution >= 4 is 5.97 Å². The number of nitrogens with zero attached hydrogens (tertiary/aromatic N) is 5. The molecule has 3 heterocycles. The van der Waals surface area contributed by atoms with Crippen LogP contribution in [0.4, 0.5) is 0 Å². The van der Waals surface area contributed by atoms with E-state index in [9.17, 15) is 9.90 Å². The molecule has 1 N–H and O–H groups in total. The summed E-state index contributed by atoms with van der Waals surface area (Å²) in [6.07, 6.45) is 2.10. The molecule has 8 nitrogen and oxygen atoms in total. The van der Waals surface area contributed by atoms with Gasteiger partial charge in [0.15, 0.2) is 0 Å². The van der Waals surface area contributed by atoms with Crippen LogP contribution in [0.3, 0.4) is 0 Å². The Morgan fingerprint density at radius 1 is 1.30 bits per heavy atom. The predicted octanol–water partition coefficient (Wildman–Crippen LogP) is -0.363. The largest absolute Gasteiger partial charge is 0.481 e. The molecule has 128 valence electrons. The molecule has 2 atom stereocenters. The number of likely N-dealkylation sites (tertiary alicyclic amines) is 1. The van der Waals surface area contributed by atoms with E-state index in [1.165, 1.54) is 0 Å². The van der Waals surface area contributed by atoms with Crippen molar-refractivity contribution in [1.82, 2.24) is 24.8 Å². The van der Waals surface area contributed by atoms with Crippen LogP contribution in [0.15, 0.2) is 6.20 Å². The van der Waals surface area contributed by atoms with E-state index >= 15 is 0 Å². The Hall–Kier alpha value is -1.51. The molecule has 2 aliphatic heterocycles. The minimum atomic E-state index is -0.737. The molecule has 2 fully saturated rings. The van der Waals surface area contributed by atoms with Gasteiger partial charge >= 0.3 is 5.97 Å². The maximum atomic E-state index is 11.2. The molecule has 0 saturated carbocycles. The molecule has 8 heteroatoms. The van der Waals surface area contributed by atoms with E-state index in [1.54, 1.807) is 4.68 Å². The lowest BCUT2D eigenvalue weighted by Crippen LogP contribution is -2.41. The standard InChI is InChI=1S/C15H25N5O3/c1-18-11-14(16-17-18)13-10-20(9-12(13)8-15(21)22)3-2-19-4-6-23-7-5-19/h11-13H,2-10H2,1H3,(H,21,22)/t12-,13+/m0/s1. The highest BCUT2D eigenvalue weighted by atomic mass is 16.5. The number of aromatic nitrogens is 3. The van der Waals surface area contributed by atoms with Gasteiger partial charge in [-0.05, 0) is 5.92 Å². The van der Waals surface area contributed by atoms with Gasteiger partial charge in [-0.15, -0.1) is 5.10 Å². The van der Waals surface area contributed by atoms with Crippen molar-refractivity contribution in [3.05, 3.63) is 11.9 Å². The summed E-state index contributed by atoms with van der Waals surface area (Å²) in [5.74, 6) is -0.475. The molecule has 1 aromatic rings. The normalized spacial score (nSPS) is 26.7. The zero-order valence-corrected chi connectivity index (χ0v) is 13.6. The molecule has 0 aliphatic carbocycles. The summed E-state index contributed by atoms with van der Waals surface area (Å²) in [6, 6.07) is 0. The van der Waals surface area contributed by atoms with E-state index in [-0.39, 0.29) is 18.3 Å². The van der Waals surface area contributed by atoms with Gasteiger partial charge < -0.3 is 14.7 Å². The molecule has 2 saturated heterocycles. The first-order valence-electron chi connectivity index (χ1n) is 8.22. The lowest BCUT2D eigenvalue weighted by Gasteiger charge is -2.28. The van der Waals surface area contributed by atoms with Crippen LogP contribution in [0.25, 0.3) is 0 Å². The number of carbonyl (C=O) groups is 1. The Morgan fingerprint density at radius 3 is 2.70 bits per heavy atom. The van der Waals surface area contributed by atoms with E-state index in [4.69, 9.17) is 4.74 Å². The number of ether oxygens (including phenoxy) is 1. The van der Waals surface area contributed by atoms with Gasteiger partial charge in [-0.25, -0.2) is 0 Å². The molecule has 0 unspecified atom stereocenters. The number of hydrogen-bond acceptors (Lipinski definition) is 6. The summed E-state index contributed by atoms with van der Waals surface area (Å²) in [6.45, 7) is 7.25. The highest BCUT2D eigenvalue weighted by Gasteiger charge is 2.36. The minimum Gasteiger partial charge on any atom is -0.481 e. The Morgan fingerprint density at radius 2 is 2.04 bits per heavy atom. The van der Waals surface area contributed by atoms with Crippen molar-refractivity contribution in [2.75, 3.05) is 52.5 Å². The first kappa shape index (κ1) is 16.4. The maximum absolute atomic E-state index is 11.2. The first-order valence-corrected chi connectivity index (χ1v) is 8.22. The molecule has 0 radical (unpaired) electrons. The van der Waals surface area contributed by atoms with Crippen LogP contribution in [0.2, 0.25) is 0 Å². The van der Waals surface area contributed by atoms with Gasteiger partial charge in [-0.1, -0.05) is 5.21 Å². The molecule has 3 rings (SSSR count). The highest BCUT2D eigenvalue weighted by molar-refractivity contribution is 5.67. The topological polar surface area (TPSA) is 83.7 Å². The second-order valence-corrected chi connectivity index (χ2v) is 6.50. The number of carboxylic acids is 1. The van der Waals surface area contributed by atoms with Crippen LogP contribution in [0.5, 0.6) is 0 Å². The second-order valence-electron chi connectivity index (χ2n) is 6.50. The monoisotopic (exact) mass is 323 g/mol. The number of hydrogen-bond donors (Lipinski definition) is 1. The molecule has 0 aromatic carbocycles. The van der Waals surface area contributed by atoms with Crippen molar-refractivity contribution < 1.29 is 14.6 Å². The molecule has 0 bridgehead atoms. The second kappa shape index (κ2) is 7.37. The Balaban J connectivity index is 1.58. The third kappa shape index (κ3) is 4.27. The van der Waals surface area contributed by atoms with E-state index in [0.717, 1.165) is 58.2 Å². The molecular formula is C15H25N5O3. The van der Waals surface area contributed by atoms with E-state index < -0.39 is 5.97 Å². The van der Waals surface area contributed by atoms with Crippen LogP contribution >= 0.6 is 0 Å². The van der Waals surface area contributed by atoms with E-state index in [0.29, 0.717) is 0 Å². The van der Waals surface area contributed by atoms with Crippen LogP contribution in [-0.2, 0) is 16.6 Å². The molecule has 1 aromatic heterocycles. The van der Waals surface area contributed by atoms with Crippen molar-refractivity contribution in [2.45, 2.75) is 12.3 Å². The number of aryl methyl sites for hydroxylation is 1.